The van der Waals surface area contributed by atoms with Gasteiger partial charge in [0.1, 0.15) is 0 Å². The van der Waals surface area contributed by atoms with Gasteiger partial charge in [0, 0.05) is 24.5 Å². The van der Waals surface area contributed by atoms with Gasteiger partial charge < -0.3 is 15.1 Å². The third-order valence-electron chi connectivity index (χ3n) is 6.44. The second-order valence-electron chi connectivity index (χ2n) is 8.47. The molecule has 150 valence electrons. The Morgan fingerprint density at radius 3 is 2.85 bits per heavy atom. The van der Waals surface area contributed by atoms with Gasteiger partial charge in [-0.1, -0.05) is 37.6 Å². The van der Waals surface area contributed by atoms with Crippen molar-refractivity contribution in [3.05, 3.63) is 35.5 Å². The van der Waals surface area contributed by atoms with Crippen LogP contribution in [0, 0.1) is 5.92 Å². The Hall–Kier alpha value is -1.55. The fourth-order valence-electron chi connectivity index (χ4n) is 4.71. The fraction of sp³-hybridized carbons (Fsp3) is 0.696. The summed E-state index contributed by atoms with van der Waals surface area (Å²) in [5.74, 6) is 0.492. The molecule has 0 aromatic heterocycles. The van der Waals surface area contributed by atoms with Crippen molar-refractivity contribution in [2.45, 2.75) is 70.9 Å². The van der Waals surface area contributed by atoms with E-state index in [9.17, 15) is 4.79 Å². The zero-order valence-electron chi connectivity index (χ0n) is 17.4. The van der Waals surface area contributed by atoms with E-state index in [1.54, 1.807) is 0 Å². The van der Waals surface area contributed by atoms with Crippen LogP contribution in [0.15, 0.2) is 35.5 Å². The van der Waals surface area contributed by atoms with Crippen LogP contribution in [0.1, 0.15) is 58.8 Å². The summed E-state index contributed by atoms with van der Waals surface area (Å²) in [5, 5.41) is 3.34. The van der Waals surface area contributed by atoms with E-state index in [0.29, 0.717) is 12.0 Å². The molecule has 1 aliphatic heterocycles. The molecule has 2 unspecified atom stereocenters. The first kappa shape index (κ1) is 20.2. The Kier molecular flexibility index (Phi) is 7.17. The van der Waals surface area contributed by atoms with Gasteiger partial charge in [0.15, 0.2) is 0 Å². The number of hydrogen-bond donors (Lipinski definition) is 1. The van der Waals surface area contributed by atoms with E-state index in [1.165, 1.54) is 30.4 Å². The zero-order chi connectivity index (χ0) is 19.2. The van der Waals surface area contributed by atoms with Crippen molar-refractivity contribution in [3.8, 4) is 0 Å². The SMILES string of the molecule is CCCCN(C(=O)NC(C)C1=CC=CC2=CCCCC21)C1CCN(C)CC1. The van der Waals surface area contributed by atoms with Crippen LogP contribution in [-0.2, 0) is 0 Å². The third-order valence-corrected chi connectivity index (χ3v) is 6.44. The second kappa shape index (κ2) is 9.59. The minimum Gasteiger partial charge on any atom is -0.332 e. The highest BCUT2D eigenvalue weighted by Crippen LogP contribution is 2.35. The van der Waals surface area contributed by atoms with Crippen molar-refractivity contribution < 1.29 is 4.79 Å². The molecule has 3 aliphatic rings. The van der Waals surface area contributed by atoms with Crippen LogP contribution in [0.3, 0.4) is 0 Å². The van der Waals surface area contributed by atoms with Crippen molar-refractivity contribution >= 4 is 6.03 Å². The van der Waals surface area contributed by atoms with Gasteiger partial charge in [-0.05, 0) is 76.7 Å². The van der Waals surface area contributed by atoms with E-state index in [1.807, 2.05) is 0 Å². The Morgan fingerprint density at radius 2 is 2.11 bits per heavy atom. The summed E-state index contributed by atoms with van der Waals surface area (Å²) in [4.78, 5) is 17.7. The van der Waals surface area contributed by atoms with Crippen LogP contribution in [0.5, 0.6) is 0 Å². The maximum absolute atomic E-state index is 13.2. The number of hydrogen-bond acceptors (Lipinski definition) is 2. The summed E-state index contributed by atoms with van der Waals surface area (Å²) < 4.78 is 0. The highest BCUT2D eigenvalue weighted by Gasteiger charge is 2.30. The van der Waals surface area contributed by atoms with E-state index in [4.69, 9.17) is 0 Å². The lowest BCUT2D eigenvalue weighted by Crippen LogP contribution is -2.52. The number of urea groups is 1. The number of nitrogens with one attached hydrogen (secondary N) is 1. The average Bonchev–Trinajstić information content (AvgIpc) is 2.69. The summed E-state index contributed by atoms with van der Waals surface area (Å²) in [6.45, 7) is 7.40. The maximum Gasteiger partial charge on any atom is 0.318 e. The zero-order valence-corrected chi connectivity index (χ0v) is 17.4. The van der Waals surface area contributed by atoms with E-state index < -0.39 is 0 Å². The first-order chi connectivity index (χ1) is 13.1. The second-order valence-corrected chi connectivity index (χ2v) is 8.47. The molecule has 0 radical (unpaired) electrons. The number of rotatable bonds is 6. The average molecular weight is 372 g/mol. The predicted molar refractivity (Wildman–Crippen MR) is 113 cm³/mol. The quantitative estimate of drug-likeness (QED) is 0.746. The number of piperidine rings is 1. The lowest BCUT2D eigenvalue weighted by Gasteiger charge is -2.38. The smallest absolute Gasteiger partial charge is 0.318 e. The molecule has 2 amide bonds. The van der Waals surface area contributed by atoms with Crippen LogP contribution in [0.25, 0.3) is 0 Å². The molecule has 0 saturated carbocycles. The molecule has 4 heteroatoms. The molecule has 0 aromatic rings. The van der Waals surface area contributed by atoms with Gasteiger partial charge in [-0.3, -0.25) is 0 Å². The van der Waals surface area contributed by atoms with Gasteiger partial charge in [-0.25, -0.2) is 4.79 Å². The highest BCUT2D eigenvalue weighted by atomic mass is 16.2. The number of nitrogens with zero attached hydrogens (tertiary/aromatic N) is 2. The first-order valence-electron chi connectivity index (χ1n) is 10.9. The van der Waals surface area contributed by atoms with Gasteiger partial charge >= 0.3 is 6.03 Å². The summed E-state index contributed by atoms with van der Waals surface area (Å²) >= 11 is 0. The molecule has 3 rings (SSSR count). The van der Waals surface area contributed by atoms with Crippen LogP contribution < -0.4 is 5.32 Å². The Labute approximate surface area is 165 Å². The molecular formula is C23H37N3O. The molecule has 1 N–H and O–H groups in total. The summed E-state index contributed by atoms with van der Waals surface area (Å²) in [6.07, 6.45) is 17.0. The Morgan fingerprint density at radius 1 is 1.33 bits per heavy atom. The van der Waals surface area contributed by atoms with Crippen LogP contribution >= 0.6 is 0 Å². The van der Waals surface area contributed by atoms with Crippen molar-refractivity contribution in [1.82, 2.24) is 15.1 Å². The van der Waals surface area contributed by atoms with Gasteiger partial charge in [-0.2, -0.15) is 0 Å². The molecule has 0 aromatic carbocycles. The molecule has 0 bridgehead atoms. The summed E-state index contributed by atoms with van der Waals surface area (Å²) in [6, 6.07) is 0.594. The monoisotopic (exact) mass is 371 g/mol. The number of likely N-dealkylation sites (tertiary alicyclic amines) is 1. The minimum atomic E-state index is 0.0874. The molecule has 1 saturated heterocycles. The van der Waals surface area contributed by atoms with Gasteiger partial charge in [-0.15, -0.1) is 0 Å². The molecule has 4 nitrogen and oxygen atoms in total. The molecule has 27 heavy (non-hydrogen) atoms. The molecule has 2 atom stereocenters. The van der Waals surface area contributed by atoms with Crippen LogP contribution in [-0.4, -0.2) is 54.6 Å². The largest absolute Gasteiger partial charge is 0.332 e. The third kappa shape index (κ3) is 5.04. The lowest BCUT2D eigenvalue weighted by molar-refractivity contribution is 0.129. The summed E-state index contributed by atoms with van der Waals surface area (Å²) in [5.41, 5.74) is 2.81. The Balaban J connectivity index is 1.65. The minimum absolute atomic E-state index is 0.0874. The number of carbonyl (C=O) groups is 1. The molecule has 0 spiro atoms. The van der Waals surface area contributed by atoms with Crippen LogP contribution in [0.4, 0.5) is 4.79 Å². The standard InChI is InChI=1S/C23H37N3O/c1-4-5-15-26(20-13-16-25(3)17-14-20)23(27)24-18(2)21-12-8-10-19-9-6-7-11-22(19)21/h8-10,12,18,20,22H,4-7,11,13-17H2,1-3H3,(H,24,27). The molecular weight excluding hydrogens is 334 g/mol. The van der Waals surface area contributed by atoms with Crippen LogP contribution in [0.2, 0.25) is 0 Å². The topological polar surface area (TPSA) is 35.6 Å². The van der Waals surface area contributed by atoms with Crippen molar-refractivity contribution in [3.63, 3.8) is 0 Å². The van der Waals surface area contributed by atoms with Crippen molar-refractivity contribution in [2.24, 2.45) is 5.92 Å². The van der Waals surface area contributed by atoms with Gasteiger partial charge in [0.25, 0.3) is 0 Å². The van der Waals surface area contributed by atoms with Gasteiger partial charge in [0.2, 0.25) is 0 Å². The van der Waals surface area contributed by atoms with E-state index >= 15 is 0 Å². The maximum atomic E-state index is 13.2. The van der Waals surface area contributed by atoms with Crippen molar-refractivity contribution in [2.75, 3.05) is 26.7 Å². The number of unbranched alkanes of at least 4 members (excludes halogenated alkanes) is 1. The molecule has 1 fully saturated rings. The van der Waals surface area contributed by atoms with E-state index in [0.717, 1.165) is 45.3 Å². The number of amides is 2. The van der Waals surface area contributed by atoms with E-state index in [-0.39, 0.29) is 12.1 Å². The summed E-state index contributed by atoms with van der Waals surface area (Å²) in [7, 11) is 2.17. The normalized spacial score (nSPS) is 24.6. The number of fused-ring (bicyclic) bond motifs is 1. The predicted octanol–water partition coefficient (Wildman–Crippen LogP) is 4.50. The first-order valence-corrected chi connectivity index (χ1v) is 10.9. The highest BCUT2D eigenvalue weighted by molar-refractivity contribution is 5.75. The molecule has 1 heterocycles. The number of carbonyl (C=O) groups excluding carboxylic acids is 1. The number of allylic oxidation sites excluding steroid dienone is 5. The van der Waals surface area contributed by atoms with Crippen molar-refractivity contribution in [1.29, 1.82) is 0 Å². The molecule has 2 aliphatic carbocycles. The van der Waals surface area contributed by atoms with Gasteiger partial charge in [0.05, 0.1) is 0 Å². The van der Waals surface area contributed by atoms with E-state index in [2.05, 4.69) is 60.3 Å². The fourth-order valence-corrected chi connectivity index (χ4v) is 4.71. The lowest BCUT2D eigenvalue weighted by atomic mass is 9.77. The Bertz CT molecular complexity index is 599.